The van der Waals surface area contributed by atoms with Gasteiger partial charge in [-0.1, -0.05) is 12.1 Å². The average Bonchev–Trinajstić information content (AvgIpc) is 2.80. The molecule has 0 radical (unpaired) electrons. The molecule has 1 unspecified atom stereocenters. The Labute approximate surface area is 101 Å². The zero-order chi connectivity index (χ0) is 12.1. The van der Waals surface area contributed by atoms with Crippen molar-refractivity contribution < 1.29 is 9.53 Å². The van der Waals surface area contributed by atoms with Crippen molar-refractivity contribution in [2.75, 3.05) is 18.5 Å². The predicted molar refractivity (Wildman–Crippen MR) is 66.8 cm³/mol. The number of carbonyl (C=O) groups is 1. The number of hydrogen-bond donors (Lipinski definition) is 2. The lowest BCUT2D eigenvalue weighted by Gasteiger charge is -2.12. The maximum absolute atomic E-state index is 10.7. The van der Waals surface area contributed by atoms with Crippen LogP contribution in [0.25, 0.3) is 0 Å². The highest BCUT2D eigenvalue weighted by Gasteiger charge is 2.14. The Balaban J connectivity index is 1.82. The summed E-state index contributed by atoms with van der Waals surface area (Å²) in [6, 6.07) is 7.77. The summed E-state index contributed by atoms with van der Waals surface area (Å²) in [6.07, 6.45) is 2.92. The molecule has 17 heavy (non-hydrogen) atoms. The number of rotatable bonds is 5. The van der Waals surface area contributed by atoms with E-state index in [0.717, 1.165) is 37.2 Å². The number of carbonyl (C=O) groups excluding carboxylic acids is 1. The Morgan fingerprint density at radius 1 is 1.41 bits per heavy atom. The van der Waals surface area contributed by atoms with E-state index < -0.39 is 0 Å². The second kappa shape index (κ2) is 5.68. The third kappa shape index (κ3) is 3.75. The predicted octanol–water partition coefficient (Wildman–Crippen LogP) is 1.31. The Bertz CT molecular complexity index is 370. The summed E-state index contributed by atoms with van der Waals surface area (Å²) >= 11 is 0. The topological polar surface area (TPSA) is 64.4 Å². The van der Waals surface area contributed by atoms with Gasteiger partial charge in [-0.25, -0.2) is 0 Å². The zero-order valence-electron chi connectivity index (χ0n) is 9.82. The van der Waals surface area contributed by atoms with Crippen LogP contribution in [0.4, 0.5) is 5.69 Å². The van der Waals surface area contributed by atoms with Crippen LogP contribution >= 0.6 is 0 Å². The van der Waals surface area contributed by atoms with Gasteiger partial charge in [0.2, 0.25) is 5.91 Å². The number of ether oxygens (including phenoxy) is 1. The van der Waals surface area contributed by atoms with Crippen LogP contribution in [0.1, 0.15) is 18.4 Å². The SMILES string of the molecule is NC(=O)Cc1ccc(NCC2CCCO2)cc1. The van der Waals surface area contributed by atoms with Gasteiger partial charge in [-0.2, -0.15) is 0 Å². The van der Waals surface area contributed by atoms with Gasteiger partial charge in [-0.3, -0.25) is 4.79 Å². The van der Waals surface area contributed by atoms with Crippen molar-refractivity contribution in [1.82, 2.24) is 0 Å². The minimum absolute atomic E-state index is 0.298. The van der Waals surface area contributed by atoms with Gasteiger partial charge in [-0.05, 0) is 30.5 Å². The molecule has 92 valence electrons. The number of primary amides is 1. The Morgan fingerprint density at radius 2 is 2.18 bits per heavy atom. The van der Waals surface area contributed by atoms with E-state index in [1.54, 1.807) is 0 Å². The van der Waals surface area contributed by atoms with E-state index in [4.69, 9.17) is 10.5 Å². The molecule has 1 aromatic carbocycles. The van der Waals surface area contributed by atoms with Crippen molar-refractivity contribution >= 4 is 11.6 Å². The first-order valence-corrected chi connectivity index (χ1v) is 5.97. The molecule has 0 saturated carbocycles. The molecule has 3 N–H and O–H groups in total. The van der Waals surface area contributed by atoms with Gasteiger partial charge in [0.15, 0.2) is 0 Å². The van der Waals surface area contributed by atoms with E-state index in [-0.39, 0.29) is 5.91 Å². The number of anilines is 1. The summed E-state index contributed by atoms with van der Waals surface area (Å²) < 4.78 is 5.53. The van der Waals surface area contributed by atoms with Crippen LogP contribution in [0, 0.1) is 0 Å². The van der Waals surface area contributed by atoms with Crippen LogP contribution in [0.2, 0.25) is 0 Å². The highest BCUT2D eigenvalue weighted by Crippen LogP contribution is 2.14. The minimum atomic E-state index is -0.301. The molecule has 0 aliphatic carbocycles. The Kier molecular flexibility index (Phi) is 3.98. The van der Waals surface area contributed by atoms with Gasteiger partial charge >= 0.3 is 0 Å². The van der Waals surface area contributed by atoms with Crippen LogP contribution in [0.3, 0.4) is 0 Å². The van der Waals surface area contributed by atoms with Crippen molar-refractivity contribution in [3.05, 3.63) is 29.8 Å². The molecule has 0 aromatic heterocycles. The maximum atomic E-state index is 10.7. The Morgan fingerprint density at radius 3 is 2.76 bits per heavy atom. The van der Waals surface area contributed by atoms with Crippen molar-refractivity contribution in [1.29, 1.82) is 0 Å². The second-order valence-corrected chi connectivity index (χ2v) is 4.36. The molecular weight excluding hydrogens is 216 g/mol. The highest BCUT2D eigenvalue weighted by atomic mass is 16.5. The van der Waals surface area contributed by atoms with Gasteiger partial charge in [0.1, 0.15) is 0 Å². The van der Waals surface area contributed by atoms with Gasteiger partial charge in [-0.15, -0.1) is 0 Å². The summed E-state index contributed by atoms with van der Waals surface area (Å²) in [6.45, 7) is 1.72. The van der Waals surface area contributed by atoms with Crippen LogP contribution in [0.15, 0.2) is 24.3 Å². The summed E-state index contributed by atoms with van der Waals surface area (Å²) in [7, 11) is 0. The number of nitrogens with one attached hydrogen (secondary N) is 1. The van der Waals surface area contributed by atoms with Gasteiger partial charge in [0, 0.05) is 18.8 Å². The van der Waals surface area contributed by atoms with Gasteiger partial charge < -0.3 is 15.8 Å². The van der Waals surface area contributed by atoms with Crippen molar-refractivity contribution in [3.8, 4) is 0 Å². The fourth-order valence-electron chi connectivity index (χ4n) is 1.98. The number of benzene rings is 1. The zero-order valence-corrected chi connectivity index (χ0v) is 9.82. The molecule has 4 heteroatoms. The van der Waals surface area contributed by atoms with E-state index in [9.17, 15) is 4.79 Å². The second-order valence-electron chi connectivity index (χ2n) is 4.36. The molecule has 2 rings (SSSR count). The molecule has 0 spiro atoms. The smallest absolute Gasteiger partial charge is 0.221 e. The normalized spacial score (nSPS) is 19.2. The fraction of sp³-hybridized carbons (Fsp3) is 0.462. The first-order valence-electron chi connectivity index (χ1n) is 5.97. The monoisotopic (exact) mass is 234 g/mol. The molecule has 1 aliphatic rings. The van der Waals surface area contributed by atoms with E-state index in [1.807, 2.05) is 24.3 Å². The van der Waals surface area contributed by atoms with Crippen LogP contribution in [0.5, 0.6) is 0 Å². The van der Waals surface area contributed by atoms with Gasteiger partial charge in [0.05, 0.1) is 12.5 Å². The van der Waals surface area contributed by atoms with Crippen molar-refractivity contribution in [3.63, 3.8) is 0 Å². The average molecular weight is 234 g/mol. The molecule has 1 fully saturated rings. The number of hydrogen-bond acceptors (Lipinski definition) is 3. The lowest BCUT2D eigenvalue weighted by atomic mass is 10.1. The van der Waals surface area contributed by atoms with Crippen LogP contribution in [-0.4, -0.2) is 25.2 Å². The summed E-state index contributed by atoms with van der Waals surface area (Å²) in [5.41, 5.74) is 7.13. The standard InChI is InChI=1S/C13H18N2O2/c14-13(16)8-10-3-5-11(6-4-10)15-9-12-2-1-7-17-12/h3-6,12,15H,1-2,7-9H2,(H2,14,16). The molecule has 1 amide bonds. The third-order valence-electron chi connectivity index (χ3n) is 2.89. The number of amides is 1. The summed E-state index contributed by atoms with van der Waals surface area (Å²) in [5, 5.41) is 3.33. The van der Waals surface area contributed by atoms with E-state index in [0.29, 0.717) is 12.5 Å². The Hall–Kier alpha value is -1.55. The quantitative estimate of drug-likeness (QED) is 0.807. The molecule has 0 bridgehead atoms. The third-order valence-corrected chi connectivity index (χ3v) is 2.89. The molecule has 4 nitrogen and oxygen atoms in total. The van der Waals surface area contributed by atoms with E-state index in [1.165, 1.54) is 0 Å². The lowest BCUT2D eigenvalue weighted by Crippen LogP contribution is -2.18. The summed E-state index contributed by atoms with van der Waals surface area (Å²) in [4.78, 5) is 10.7. The molecule has 1 atom stereocenters. The largest absolute Gasteiger partial charge is 0.382 e. The van der Waals surface area contributed by atoms with Crippen molar-refractivity contribution in [2.45, 2.75) is 25.4 Å². The maximum Gasteiger partial charge on any atom is 0.221 e. The molecule has 1 saturated heterocycles. The molecular formula is C13H18N2O2. The molecule has 1 heterocycles. The first-order chi connectivity index (χ1) is 8.24. The van der Waals surface area contributed by atoms with Gasteiger partial charge in [0.25, 0.3) is 0 Å². The minimum Gasteiger partial charge on any atom is -0.382 e. The molecule has 1 aliphatic heterocycles. The summed E-state index contributed by atoms with van der Waals surface area (Å²) in [5.74, 6) is -0.301. The number of nitrogens with two attached hydrogens (primary N) is 1. The van der Waals surface area contributed by atoms with Crippen molar-refractivity contribution in [2.24, 2.45) is 5.73 Å². The lowest BCUT2D eigenvalue weighted by molar-refractivity contribution is -0.117. The highest BCUT2D eigenvalue weighted by molar-refractivity contribution is 5.76. The van der Waals surface area contributed by atoms with E-state index in [2.05, 4.69) is 5.32 Å². The van der Waals surface area contributed by atoms with Crippen LogP contribution < -0.4 is 11.1 Å². The van der Waals surface area contributed by atoms with E-state index >= 15 is 0 Å². The van der Waals surface area contributed by atoms with Crippen LogP contribution in [-0.2, 0) is 16.0 Å². The molecule has 1 aromatic rings. The first kappa shape index (κ1) is 11.9. The fourth-order valence-corrected chi connectivity index (χ4v) is 1.98.